The fraction of sp³-hybridized carbons (Fsp3) is 0.0930. The summed E-state index contributed by atoms with van der Waals surface area (Å²) in [5.41, 5.74) is 6.76. The van der Waals surface area contributed by atoms with Crippen molar-refractivity contribution in [1.29, 1.82) is 0 Å². The Labute approximate surface area is 366 Å². The number of azo groups is 3. The number of aliphatic hydroxyl groups excluding tert-OH is 1. The van der Waals surface area contributed by atoms with Gasteiger partial charge in [-0.2, -0.15) is 57.4 Å². The monoisotopic (exact) mass is 899 g/mol. The minimum atomic E-state index is -4.69. The van der Waals surface area contributed by atoms with Crippen molar-refractivity contribution in [2.45, 2.75) is 23.6 Å². The molecule has 0 amide bonds. The summed E-state index contributed by atoms with van der Waals surface area (Å²) >= 11 is 0. The van der Waals surface area contributed by atoms with Crippen molar-refractivity contribution >= 4 is 77.6 Å². The van der Waals surface area contributed by atoms with Crippen LogP contribution < -0.4 is 15.4 Å². The summed E-state index contributed by atoms with van der Waals surface area (Å²) < 4.78 is 71.7. The summed E-state index contributed by atoms with van der Waals surface area (Å²) in [5, 5.41) is 40.5. The molecule has 0 bridgehead atoms. The molecule has 0 aliphatic heterocycles. The number of aryl methyl sites for hydroxylation is 2. The lowest BCUT2D eigenvalue weighted by Crippen LogP contribution is -2.09. The molecule has 5 N–H and O–H groups in total. The van der Waals surface area contributed by atoms with Gasteiger partial charge in [0.25, 0.3) is 20.2 Å². The van der Waals surface area contributed by atoms with E-state index in [0.29, 0.717) is 39.7 Å². The van der Waals surface area contributed by atoms with E-state index in [1.54, 1.807) is 61.5 Å². The Hall–Kier alpha value is -7.69. The average molecular weight is 900 g/mol. The predicted molar refractivity (Wildman–Crippen MR) is 238 cm³/mol. The SMILES string of the molecule is Cc1cc(Nc2nc(Nc3ccc(-c4ccc(N=Nc5ccc(S(=O)(=O)O)cc5)cc4)c(C)c3)nc(OCCO)n2)ccc1N=Nc1ccc(N=Nc2ccccc2)cc1S(=O)(=O)O. The molecule has 19 nitrogen and oxygen atoms in total. The zero-order valence-corrected chi connectivity index (χ0v) is 35.5. The lowest BCUT2D eigenvalue weighted by Gasteiger charge is -2.13. The highest BCUT2D eigenvalue weighted by Crippen LogP contribution is 2.34. The number of rotatable bonds is 16. The van der Waals surface area contributed by atoms with Gasteiger partial charge in [0, 0.05) is 11.4 Å². The summed E-state index contributed by atoms with van der Waals surface area (Å²) in [6.45, 7) is 3.41. The number of benzene rings is 6. The molecule has 1 heterocycles. The van der Waals surface area contributed by atoms with Gasteiger partial charge in [-0.1, -0.05) is 36.4 Å². The van der Waals surface area contributed by atoms with Gasteiger partial charge in [-0.25, -0.2) is 0 Å². The normalized spacial score (nSPS) is 12.0. The molecule has 1 aromatic heterocycles. The molecule has 0 aliphatic rings. The van der Waals surface area contributed by atoms with Gasteiger partial charge in [0.1, 0.15) is 17.2 Å². The predicted octanol–water partition coefficient (Wildman–Crippen LogP) is 10.8. The van der Waals surface area contributed by atoms with E-state index in [0.717, 1.165) is 22.8 Å². The minimum absolute atomic E-state index is 0.0425. The summed E-state index contributed by atoms with van der Waals surface area (Å²) in [6.07, 6.45) is 0. The summed E-state index contributed by atoms with van der Waals surface area (Å²) in [6, 6.07) is 36.4. The number of anilines is 4. The third kappa shape index (κ3) is 11.8. The molecular weight excluding hydrogens is 863 g/mol. The molecule has 64 heavy (non-hydrogen) atoms. The molecule has 0 fully saturated rings. The van der Waals surface area contributed by atoms with Crippen LogP contribution in [0.3, 0.4) is 0 Å². The maximum absolute atomic E-state index is 12.3. The standard InChI is InChI=1S/C43H37N11O8S2/c1-27-24-33(14-19-37(27)29-8-10-31(11-9-29)50-51-32-12-17-36(18-13-32)63(56,57)58)44-41-46-42(48-43(47-41)62-23-22-55)45-34-15-20-38(28(2)25-34)53-54-39-21-16-35(26-40(39)64(59,60)61)52-49-30-6-4-3-5-7-30/h3-21,24-26,55H,22-23H2,1-2H3,(H,56,57,58)(H,59,60,61)(H2,44,45,46,47,48). The lowest BCUT2D eigenvalue weighted by molar-refractivity contribution is 0.191. The van der Waals surface area contributed by atoms with Crippen molar-refractivity contribution in [2.24, 2.45) is 30.7 Å². The van der Waals surface area contributed by atoms with Crippen molar-refractivity contribution in [1.82, 2.24) is 15.0 Å². The molecule has 0 aliphatic carbocycles. The van der Waals surface area contributed by atoms with E-state index < -0.39 is 25.1 Å². The van der Waals surface area contributed by atoms with Gasteiger partial charge in [0.2, 0.25) is 11.9 Å². The van der Waals surface area contributed by atoms with Crippen LogP contribution in [0.5, 0.6) is 6.01 Å². The van der Waals surface area contributed by atoms with Crippen molar-refractivity contribution in [3.63, 3.8) is 0 Å². The largest absolute Gasteiger partial charge is 0.461 e. The van der Waals surface area contributed by atoms with Gasteiger partial charge in [-0.15, -0.1) is 5.11 Å². The molecular formula is C43H37N11O8S2. The molecule has 324 valence electrons. The highest BCUT2D eigenvalue weighted by molar-refractivity contribution is 7.86. The molecule has 7 aromatic rings. The zero-order valence-electron chi connectivity index (χ0n) is 33.8. The van der Waals surface area contributed by atoms with E-state index in [1.807, 2.05) is 43.3 Å². The van der Waals surface area contributed by atoms with E-state index >= 15 is 0 Å². The third-order valence-corrected chi connectivity index (χ3v) is 10.7. The fourth-order valence-corrected chi connectivity index (χ4v) is 7.04. The third-order valence-electron chi connectivity index (χ3n) is 8.99. The Balaban J connectivity index is 1.04. The van der Waals surface area contributed by atoms with Gasteiger partial charge in [-0.3, -0.25) is 9.11 Å². The zero-order chi connectivity index (χ0) is 45.3. The molecule has 0 saturated heterocycles. The Morgan fingerprint density at radius 2 is 1.08 bits per heavy atom. The van der Waals surface area contributed by atoms with Crippen LogP contribution in [0.2, 0.25) is 0 Å². The summed E-state index contributed by atoms with van der Waals surface area (Å²) in [5.74, 6) is 0.284. The molecule has 0 atom stereocenters. The van der Waals surface area contributed by atoms with E-state index in [9.17, 15) is 26.5 Å². The average Bonchev–Trinajstić information content (AvgIpc) is 3.27. The highest BCUT2D eigenvalue weighted by atomic mass is 32.2. The van der Waals surface area contributed by atoms with Crippen molar-refractivity contribution in [2.75, 3.05) is 23.8 Å². The van der Waals surface area contributed by atoms with Crippen molar-refractivity contribution < 1.29 is 35.8 Å². The van der Waals surface area contributed by atoms with Crippen LogP contribution in [-0.4, -0.2) is 59.2 Å². The first kappa shape index (κ1) is 44.4. The van der Waals surface area contributed by atoms with Gasteiger partial charge in [0.15, 0.2) is 0 Å². The number of aromatic nitrogens is 3. The number of hydrogen-bond acceptors (Lipinski definition) is 17. The lowest BCUT2D eigenvalue weighted by atomic mass is 10.00. The number of aliphatic hydroxyl groups is 1. The van der Waals surface area contributed by atoms with Crippen LogP contribution >= 0.6 is 0 Å². The quantitative estimate of drug-likeness (QED) is 0.0446. The smallest absolute Gasteiger partial charge is 0.323 e. The van der Waals surface area contributed by atoms with Crippen LogP contribution in [0.1, 0.15) is 11.1 Å². The van der Waals surface area contributed by atoms with Crippen LogP contribution in [-0.2, 0) is 20.2 Å². The van der Waals surface area contributed by atoms with E-state index in [4.69, 9.17) is 9.29 Å². The summed E-state index contributed by atoms with van der Waals surface area (Å²) in [4.78, 5) is 12.5. The summed E-state index contributed by atoms with van der Waals surface area (Å²) in [7, 11) is -8.99. The van der Waals surface area contributed by atoms with Crippen molar-refractivity contribution in [3.8, 4) is 17.1 Å². The highest BCUT2D eigenvalue weighted by Gasteiger charge is 2.17. The van der Waals surface area contributed by atoms with Crippen molar-refractivity contribution in [3.05, 3.63) is 145 Å². The number of hydrogen-bond donors (Lipinski definition) is 5. The van der Waals surface area contributed by atoms with Gasteiger partial charge in [0.05, 0.1) is 39.9 Å². The van der Waals surface area contributed by atoms with Crippen LogP contribution in [0.15, 0.2) is 174 Å². The maximum atomic E-state index is 12.3. The topological polar surface area (TPSA) is 275 Å². The molecule has 7 rings (SSSR count). The second-order valence-corrected chi connectivity index (χ2v) is 16.5. The van der Waals surface area contributed by atoms with Crippen LogP contribution in [0.4, 0.5) is 57.4 Å². The Morgan fingerprint density at radius 3 is 1.66 bits per heavy atom. The minimum Gasteiger partial charge on any atom is -0.461 e. The van der Waals surface area contributed by atoms with Crippen LogP contribution in [0, 0.1) is 13.8 Å². The fourth-order valence-electron chi connectivity index (χ4n) is 5.92. The molecule has 6 aromatic carbocycles. The Morgan fingerprint density at radius 1 is 0.547 bits per heavy atom. The number of ether oxygens (including phenoxy) is 1. The van der Waals surface area contributed by atoms with Gasteiger partial charge < -0.3 is 20.5 Å². The molecule has 0 unspecified atom stereocenters. The number of nitrogens with zero attached hydrogens (tertiary/aromatic N) is 9. The second-order valence-electron chi connectivity index (χ2n) is 13.7. The second kappa shape index (κ2) is 19.6. The number of nitrogens with one attached hydrogen (secondary N) is 2. The van der Waals surface area contributed by atoms with E-state index in [-0.39, 0.29) is 47.4 Å². The van der Waals surface area contributed by atoms with Crippen LogP contribution in [0.25, 0.3) is 11.1 Å². The Bertz CT molecular complexity index is 3120. The first-order valence-corrected chi connectivity index (χ1v) is 21.9. The first-order valence-electron chi connectivity index (χ1n) is 19.0. The first-order chi connectivity index (χ1) is 30.7. The maximum Gasteiger partial charge on any atom is 0.323 e. The molecule has 0 spiro atoms. The van der Waals surface area contributed by atoms with E-state index in [1.165, 1.54) is 36.4 Å². The van der Waals surface area contributed by atoms with Gasteiger partial charge in [-0.05, 0) is 133 Å². The van der Waals surface area contributed by atoms with E-state index in [2.05, 4.69) is 56.3 Å². The Kier molecular flexibility index (Phi) is 13.6. The van der Waals surface area contributed by atoms with Gasteiger partial charge >= 0.3 is 6.01 Å². The molecule has 0 radical (unpaired) electrons. The molecule has 0 saturated carbocycles. The molecule has 21 heteroatoms.